The van der Waals surface area contributed by atoms with Gasteiger partial charge < -0.3 is 19.7 Å². The Morgan fingerprint density at radius 3 is 2.44 bits per heavy atom. The molecule has 2 unspecified atom stereocenters. The zero-order valence-electron chi connectivity index (χ0n) is 20.5. The summed E-state index contributed by atoms with van der Waals surface area (Å²) in [6.07, 6.45) is 3.41. The second kappa shape index (κ2) is 10.3. The third-order valence-electron chi connectivity index (χ3n) is 6.87. The lowest BCUT2D eigenvalue weighted by Crippen LogP contribution is -2.56. The predicted octanol–water partition coefficient (Wildman–Crippen LogP) is 2.88. The van der Waals surface area contributed by atoms with E-state index in [0.29, 0.717) is 45.4 Å². The molecular formula is C26H37N3O5. The summed E-state index contributed by atoms with van der Waals surface area (Å²) in [6.45, 7) is 8.19. The molecule has 0 aliphatic carbocycles. The zero-order chi connectivity index (χ0) is 24.3. The molecule has 34 heavy (non-hydrogen) atoms. The molecule has 3 aliphatic rings. The number of carbonyl (C=O) groups excluding carboxylic acids is 3. The second-order valence-corrected chi connectivity index (χ2v) is 10.6. The van der Waals surface area contributed by atoms with Gasteiger partial charge in [0.1, 0.15) is 11.6 Å². The van der Waals surface area contributed by atoms with Crippen LogP contribution in [0, 0.1) is 5.92 Å². The molecule has 8 nitrogen and oxygen atoms in total. The number of carbonyl (C=O) groups is 3. The summed E-state index contributed by atoms with van der Waals surface area (Å²) in [7, 11) is 0. The quantitative estimate of drug-likeness (QED) is 0.730. The molecule has 2 fully saturated rings. The van der Waals surface area contributed by atoms with Crippen LogP contribution in [-0.2, 0) is 32.0 Å². The fraction of sp³-hybridized carbons (Fsp3) is 0.654. The number of nitrogens with one attached hydrogen (secondary N) is 1. The highest BCUT2D eigenvalue weighted by atomic mass is 16.6. The predicted molar refractivity (Wildman–Crippen MR) is 127 cm³/mol. The van der Waals surface area contributed by atoms with E-state index in [1.165, 1.54) is 0 Å². The second-order valence-electron chi connectivity index (χ2n) is 10.6. The number of likely N-dealkylation sites (tertiary alicyclic amines) is 1. The number of amides is 3. The Hall–Kier alpha value is -2.61. The van der Waals surface area contributed by atoms with Crippen LogP contribution in [0.3, 0.4) is 0 Å². The molecule has 1 aromatic carbocycles. The molecule has 2 saturated heterocycles. The number of piperidine rings is 1. The van der Waals surface area contributed by atoms with Gasteiger partial charge in [-0.2, -0.15) is 0 Å². The first kappa shape index (κ1) is 24.5. The van der Waals surface area contributed by atoms with E-state index in [1.54, 1.807) is 9.80 Å². The van der Waals surface area contributed by atoms with Gasteiger partial charge in [-0.25, -0.2) is 4.79 Å². The number of fused-ring (bicyclic) bond motifs is 1. The van der Waals surface area contributed by atoms with E-state index in [-0.39, 0.29) is 23.8 Å². The van der Waals surface area contributed by atoms with Crippen molar-refractivity contribution in [2.24, 2.45) is 5.92 Å². The van der Waals surface area contributed by atoms with Gasteiger partial charge in [-0.1, -0.05) is 24.3 Å². The molecule has 3 aliphatic heterocycles. The number of rotatable bonds is 4. The third-order valence-corrected chi connectivity index (χ3v) is 6.87. The van der Waals surface area contributed by atoms with Crippen LogP contribution in [0.25, 0.3) is 0 Å². The average Bonchev–Trinajstić information content (AvgIpc) is 3.34. The molecule has 0 radical (unpaired) electrons. The Kier molecular flexibility index (Phi) is 7.45. The van der Waals surface area contributed by atoms with Crippen LogP contribution < -0.4 is 5.32 Å². The topological polar surface area (TPSA) is 88.2 Å². The van der Waals surface area contributed by atoms with Crippen molar-refractivity contribution < 1.29 is 23.9 Å². The fourth-order valence-electron chi connectivity index (χ4n) is 4.99. The molecule has 2 atom stereocenters. The summed E-state index contributed by atoms with van der Waals surface area (Å²) < 4.78 is 11.2. The molecule has 0 bridgehead atoms. The van der Waals surface area contributed by atoms with Crippen molar-refractivity contribution in [1.29, 1.82) is 0 Å². The van der Waals surface area contributed by atoms with Crippen molar-refractivity contribution >= 4 is 17.9 Å². The Bertz CT molecular complexity index is 898. The minimum Gasteiger partial charge on any atom is -0.444 e. The molecule has 0 spiro atoms. The Balaban J connectivity index is 1.38. The highest BCUT2D eigenvalue weighted by Gasteiger charge is 2.40. The van der Waals surface area contributed by atoms with Crippen LogP contribution >= 0.6 is 0 Å². The molecule has 4 rings (SSSR count). The van der Waals surface area contributed by atoms with Gasteiger partial charge in [0.15, 0.2) is 0 Å². The van der Waals surface area contributed by atoms with Crippen LogP contribution in [0.4, 0.5) is 4.79 Å². The summed E-state index contributed by atoms with van der Waals surface area (Å²) in [5.41, 5.74) is 1.49. The molecule has 186 valence electrons. The van der Waals surface area contributed by atoms with Gasteiger partial charge in [0.05, 0.1) is 12.6 Å². The van der Waals surface area contributed by atoms with Crippen LogP contribution in [0.1, 0.15) is 57.6 Å². The van der Waals surface area contributed by atoms with Gasteiger partial charge in [0.25, 0.3) is 0 Å². The summed E-state index contributed by atoms with van der Waals surface area (Å²) in [4.78, 5) is 42.6. The van der Waals surface area contributed by atoms with E-state index in [2.05, 4.69) is 5.32 Å². The Morgan fingerprint density at radius 1 is 1.09 bits per heavy atom. The maximum atomic E-state index is 13.6. The molecular weight excluding hydrogens is 434 g/mol. The normalized spacial score (nSPS) is 23.4. The number of nitrogens with zero attached hydrogens (tertiary/aromatic N) is 2. The van der Waals surface area contributed by atoms with E-state index in [0.717, 1.165) is 30.6 Å². The lowest BCUT2D eigenvalue weighted by atomic mass is 9.91. The minimum atomic E-state index is -0.642. The number of hydrogen-bond acceptors (Lipinski definition) is 5. The zero-order valence-corrected chi connectivity index (χ0v) is 20.5. The van der Waals surface area contributed by atoms with Gasteiger partial charge in [-0.05, 0) is 57.6 Å². The van der Waals surface area contributed by atoms with Crippen molar-refractivity contribution in [2.75, 3.05) is 26.2 Å². The lowest BCUT2D eigenvalue weighted by Gasteiger charge is -2.40. The average molecular weight is 472 g/mol. The summed E-state index contributed by atoms with van der Waals surface area (Å²) in [5.74, 6) is -0.123. The van der Waals surface area contributed by atoms with Crippen molar-refractivity contribution in [3.8, 4) is 0 Å². The molecule has 1 N–H and O–H groups in total. The molecule has 0 aromatic heterocycles. The maximum absolute atomic E-state index is 13.6. The largest absolute Gasteiger partial charge is 0.444 e. The first-order valence-electron chi connectivity index (χ1n) is 12.5. The Labute approximate surface area is 201 Å². The standard InChI is InChI=1S/C26H37N3O5/c1-26(2,3)34-25(32)29-17-20-8-5-4-7-19(20)15-22(29)24(31)28-12-10-18(11-13-28)23(30)27-16-21-9-6-14-33-21/h4-5,7-8,18,21-22H,6,9-17H2,1-3H3,(H,27,30). The van der Waals surface area contributed by atoms with Gasteiger partial charge in [-0.15, -0.1) is 0 Å². The van der Waals surface area contributed by atoms with Crippen LogP contribution in [-0.4, -0.2) is 71.7 Å². The number of ether oxygens (including phenoxy) is 2. The molecule has 3 amide bonds. The van der Waals surface area contributed by atoms with E-state index in [1.807, 2.05) is 45.0 Å². The summed E-state index contributed by atoms with van der Waals surface area (Å²) >= 11 is 0. The Morgan fingerprint density at radius 2 is 1.79 bits per heavy atom. The smallest absolute Gasteiger partial charge is 0.411 e. The van der Waals surface area contributed by atoms with Gasteiger partial charge in [0.2, 0.25) is 11.8 Å². The van der Waals surface area contributed by atoms with E-state index in [9.17, 15) is 14.4 Å². The number of benzene rings is 1. The van der Waals surface area contributed by atoms with Crippen LogP contribution in [0.2, 0.25) is 0 Å². The third kappa shape index (κ3) is 5.90. The molecule has 1 aromatic rings. The highest BCUT2D eigenvalue weighted by Crippen LogP contribution is 2.28. The molecule has 3 heterocycles. The lowest BCUT2D eigenvalue weighted by molar-refractivity contribution is -0.140. The minimum absolute atomic E-state index is 0.0459. The van der Waals surface area contributed by atoms with Crippen molar-refractivity contribution in [3.05, 3.63) is 35.4 Å². The van der Waals surface area contributed by atoms with E-state index < -0.39 is 17.7 Å². The van der Waals surface area contributed by atoms with Crippen LogP contribution in [0.15, 0.2) is 24.3 Å². The van der Waals surface area contributed by atoms with Crippen molar-refractivity contribution in [1.82, 2.24) is 15.1 Å². The highest BCUT2D eigenvalue weighted by molar-refractivity contribution is 5.87. The summed E-state index contributed by atoms with van der Waals surface area (Å²) in [6, 6.07) is 7.32. The SMILES string of the molecule is CC(C)(C)OC(=O)N1Cc2ccccc2CC1C(=O)N1CCC(C(=O)NCC2CCCO2)CC1. The monoisotopic (exact) mass is 471 g/mol. The number of hydrogen-bond donors (Lipinski definition) is 1. The maximum Gasteiger partial charge on any atom is 0.411 e. The van der Waals surface area contributed by atoms with E-state index in [4.69, 9.17) is 9.47 Å². The first-order chi connectivity index (χ1) is 16.2. The van der Waals surface area contributed by atoms with E-state index >= 15 is 0 Å². The fourth-order valence-corrected chi connectivity index (χ4v) is 4.99. The van der Waals surface area contributed by atoms with Crippen LogP contribution in [0.5, 0.6) is 0 Å². The van der Waals surface area contributed by atoms with Gasteiger partial charge >= 0.3 is 6.09 Å². The first-order valence-corrected chi connectivity index (χ1v) is 12.5. The molecule has 0 saturated carbocycles. The van der Waals surface area contributed by atoms with Crippen molar-refractivity contribution in [2.45, 2.75) is 77.2 Å². The van der Waals surface area contributed by atoms with Gasteiger partial charge in [0, 0.05) is 38.6 Å². The summed E-state index contributed by atoms with van der Waals surface area (Å²) in [5, 5.41) is 3.02. The van der Waals surface area contributed by atoms with Gasteiger partial charge in [-0.3, -0.25) is 14.5 Å². The van der Waals surface area contributed by atoms with Crippen molar-refractivity contribution in [3.63, 3.8) is 0 Å². The molecule has 8 heteroatoms.